The molecule has 2 rings (SSSR count). The molecule has 24 heavy (non-hydrogen) atoms. The Hall–Kier alpha value is -1.75. The molecule has 0 bridgehead atoms. The molecule has 1 aromatic rings. The number of hydrogen-bond donors (Lipinski definition) is 2. The molecule has 1 aromatic carbocycles. The largest absolute Gasteiger partial charge is 0.489 e. The lowest BCUT2D eigenvalue weighted by Crippen LogP contribution is -2.44. The summed E-state index contributed by atoms with van der Waals surface area (Å²) in [6.07, 6.45) is 2.59. The fourth-order valence-electron chi connectivity index (χ4n) is 2.97. The van der Waals surface area contributed by atoms with Crippen molar-refractivity contribution in [2.45, 2.75) is 45.8 Å². The van der Waals surface area contributed by atoms with Crippen molar-refractivity contribution in [3.63, 3.8) is 0 Å². The normalized spacial score (nSPS) is 20.0. The second-order valence-corrected chi connectivity index (χ2v) is 6.62. The van der Waals surface area contributed by atoms with Crippen molar-refractivity contribution >= 4 is 5.96 Å². The second-order valence-electron chi connectivity index (χ2n) is 6.62. The van der Waals surface area contributed by atoms with Gasteiger partial charge in [0.25, 0.3) is 0 Å². The molecule has 1 heterocycles. The van der Waals surface area contributed by atoms with Crippen LogP contribution < -0.4 is 15.4 Å². The maximum Gasteiger partial charge on any atom is 0.191 e. The Kier molecular flexibility index (Phi) is 7.37. The molecule has 1 fully saturated rings. The molecule has 1 saturated heterocycles. The summed E-state index contributed by atoms with van der Waals surface area (Å²) < 4.78 is 5.95. The van der Waals surface area contributed by atoms with Gasteiger partial charge in [-0.3, -0.25) is 0 Å². The van der Waals surface area contributed by atoms with Crippen LogP contribution in [0.2, 0.25) is 0 Å². The van der Waals surface area contributed by atoms with Crippen LogP contribution in [-0.4, -0.2) is 56.2 Å². The Labute approximate surface area is 146 Å². The van der Waals surface area contributed by atoms with E-state index in [-0.39, 0.29) is 6.10 Å². The number of likely N-dealkylation sites (N-methyl/N-ethyl adjacent to an activating group) is 1. The van der Waals surface area contributed by atoms with Gasteiger partial charge in [-0.25, -0.2) is 4.99 Å². The van der Waals surface area contributed by atoms with E-state index in [9.17, 15) is 0 Å². The number of likely N-dealkylation sites (tertiary alicyclic amines) is 1. The predicted molar refractivity (Wildman–Crippen MR) is 101 cm³/mol. The van der Waals surface area contributed by atoms with Gasteiger partial charge in [0.1, 0.15) is 11.9 Å². The molecule has 134 valence electrons. The highest BCUT2D eigenvalue weighted by Crippen LogP contribution is 2.14. The van der Waals surface area contributed by atoms with E-state index < -0.39 is 0 Å². The van der Waals surface area contributed by atoms with Crippen molar-refractivity contribution in [3.05, 3.63) is 29.8 Å². The van der Waals surface area contributed by atoms with Gasteiger partial charge in [-0.1, -0.05) is 12.1 Å². The van der Waals surface area contributed by atoms with Crippen LogP contribution in [0.15, 0.2) is 29.3 Å². The maximum atomic E-state index is 5.95. The summed E-state index contributed by atoms with van der Waals surface area (Å²) in [6, 6.07) is 8.74. The van der Waals surface area contributed by atoms with Crippen LogP contribution in [0.25, 0.3) is 0 Å². The van der Waals surface area contributed by atoms with Crippen molar-refractivity contribution in [1.29, 1.82) is 0 Å². The summed E-state index contributed by atoms with van der Waals surface area (Å²) in [5.41, 5.74) is 1.21. The van der Waals surface area contributed by atoms with Gasteiger partial charge in [0.15, 0.2) is 5.96 Å². The smallest absolute Gasteiger partial charge is 0.191 e. The molecule has 0 amide bonds. The number of ether oxygens (including phenoxy) is 1. The molecule has 0 saturated carbocycles. The fraction of sp³-hybridized carbons (Fsp3) is 0.632. The van der Waals surface area contributed by atoms with Crippen molar-refractivity contribution in [2.75, 3.05) is 33.2 Å². The van der Waals surface area contributed by atoms with E-state index in [1.807, 2.05) is 12.1 Å². The van der Waals surface area contributed by atoms with E-state index in [4.69, 9.17) is 4.74 Å². The molecule has 2 atom stereocenters. The van der Waals surface area contributed by atoms with Gasteiger partial charge in [0.2, 0.25) is 0 Å². The third-order valence-corrected chi connectivity index (χ3v) is 4.35. The molecule has 5 heteroatoms. The van der Waals surface area contributed by atoms with E-state index >= 15 is 0 Å². The van der Waals surface area contributed by atoms with Gasteiger partial charge in [-0.2, -0.15) is 0 Å². The number of rotatable bonds is 7. The van der Waals surface area contributed by atoms with Crippen LogP contribution in [0.4, 0.5) is 0 Å². The van der Waals surface area contributed by atoms with Crippen LogP contribution in [0, 0.1) is 6.92 Å². The van der Waals surface area contributed by atoms with E-state index in [0.29, 0.717) is 12.6 Å². The lowest BCUT2D eigenvalue weighted by Gasteiger charge is -2.21. The van der Waals surface area contributed by atoms with Crippen LogP contribution >= 0.6 is 0 Å². The highest BCUT2D eigenvalue weighted by molar-refractivity contribution is 5.79. The molecule has 5 nitrogen and oxygen atoms in total. The highest BCUT2D eigenvalue weighted by atomic mass is 16.5. The average Bonchev–Trinajstić information content (AvgIpc) is 2.95. The Morgan fingerprint density at radius 2 is 2.25 bits per heavy atom. The van der Waals surface area contributed by atoms with Gasteiger partial charge in [0.05, 0.1) is 6.54 Å². The molecular formula is C19H32N4O. The fourth-order valence-corrected chi connectivity index (χ4v) is 2.97. The van der Waals surface area contributed by atoms with Gasteiger partial charge in [0, 0.05) is 19.1 Å². The third kappa shape index (κ3) is 6.04. The Morgan fingerprint density at radius 3 is 2.92 bits per heavy atom. The van der Waals surface area contributed by atoms with E-state index in [0.717, 1.165) is 24.8 Å². The van der Waals surface area contributed by atoms with Crippen molar-refractivity contribution in [2.24, 2.45) is 4.99 Å². The van der Waals surface area contributed by atoms with Gasteiger partial charge in [-0.05, 0) is 64.9 Å². The number of nitrogens with one attached hydrogen (secondary N) is 2. The molecular weight excluding hydrogens is 300 g/mol. The average molecular weight is 332 g/mol. The minimum atomic E-state index is 0.0383. The summed E-state index contributed by atoms with van der Waals surface area (Å²) in [6.45, 7) is 9.84. The number of nitrogens with zero attached hydrogens (tertiary/aromatic N) is 2. The first-order valence-electron chi connectivity index (χ1n) is 9.04. The van der Waals surface area contributed by atoms with Crippen LogP contribution in [-0.2, 0) is 0 Å². The number of aryl methyl sites for hydroxylation is 1. The Balaban J connectivity index is 1.82. The highest BCUT2D eigenvalue weighted by Gasteiger charge is 2.20. The van der Waals surface area contributed by atoms with Gasteiger partial charge < -0.3 is 20.3 Å². The first-order valence-corrected chi connectivity index (χ1v) is 9.04. The van der Waals surface area contributed by atoms with E-state index in [2.05, 4.69) is 60.5 Å². The lowest BCUT2D eigenvalue weighted by molar-refractivity contribution is 0.230. The number of aliphatic imine (C=N–C) groups is 1. The number of benzene rings is 1. The van der Waals surface area contributed by atoms with Crippen LogP contribution in [0.5, 0.6) is 5.75 Å². The minimum Gasteiger partial charge on any atom is -0.489 e. The molecule has 0 spiro atoms. The van der Waals surface area contributed by atoms with Crippen molar-refractivity contribution in [3.8, 4) is 5.75 Å². The van der Waals surface area contributed by atoms with Crippen LogP contribution in [0.1, 0.15) is 32.3 Å². The minimum absolute atomic E-state index is 0.0383. The first kappa shape index (κ1) is 18.6. The van der Waals surface area contributed by atoms with Crippen molar-refractivity contribution < 1.29 is 4.74 Å². The van der Waals surface area contributed by atoms with E-state index in [1.54, 1.807) is 0 Å². The first-order chi connectivity index (χ1) is 11.6. The summed E-state index contributed by atoms with van der Waals surface area (Å²) in [5, 5.41) is 6.78. The monoisotopic (exact) mass is 332 g/mol. The van der Waals surface area contributed by atoms with Crippen molar-refractivity contribution in [1.82, 2.24) is 15.5 Å². The van der Waals surface area contributed by atoms with E-state index in [1.165, 1.54) is 24.9 Å². The zero-order chi connectivity index (χ0) is 17.4. The summed E-state index contributed by atoms with van der Waals surface area (Å²) >= 11 is 0. The van der Waals surface area contributed by atoms with Crippen LogP contribution in [0.3, 0.4) is 0 Å². The molecule has 1 aliphatic rings. The molecule has 0 radical (unpaired) electrons. The van der Waals surface area contributed by atoms with Gasteiger partial charge in [-0.15, -0.1) is 0 Å². The molecule has 1 aliphatic heterocycles. The quantitative estimate of drug-likeness (QED) is 0.595. The second kappa shape index (κ2) is 9.52. The third-order valence-electron chi connectivity index (χ3n) is 4.35. The molecule has 2 unspecified atom stereocenters. The SMILES string of the molecule is CCNC(=NCC(C)Oc1cccc(C)c1)NCC1CCCN1C. The topological polar surface area (TPSA) is 48.9 Å². The zero-order valence-corrected chi connectivity index (χ0v) is 15.5. The summed E-state index contributed by atoms with van der Waals surface area (Å²) in [7, 11) is 2.20. The predicted octanol–water partition coefficient (Wildman–Crippen LogP) is 2.41. The Morgan fingerprint density at radius 1 is 1.42 bits per heavy atom. The maximum absolute atomic E-state index is 5.95. The molecule has 0 aromatic heterocycles. The number of guanidine groups is 1. The molecule has 0 aliphatic carbocycles. The lowest BCUT2D eigenvalue weighted by atomic mass is 10.2. The zero-order valence-electron chi connectivity index (χ0n) is 15.5. The summed E-state index contributed by atoms with van der Waals surface area (Å²) in [4.78, 5) is 7.09. The number of hydrogen-bond acceptors (Lipinski definition) is 3. The molecule has 2 N–H and O–H groups in total. The Bertz CT molecular complexity index is 532. The summed E-state index contributed by atoms with van der Waals surface area (Å²) in [5.74, 6) is 1.78. The van der Waals surface area contributed by atoms with Gasteiger partial charge >= 0.3 is 0 Å². The standard InChI is InChI=1S/C19H32N4O/c1-5-20-19(22-14-17-9-7-11-23(17)4)21-13-16(3)24-18-10-6-8-15(2)12-18/h6,8,10,12,16-17H,5,7,9,11,13-14H2,1-4H3,(H2,20,21,22).